The molecule has 0 radical (unpaired) electrons. The third-order valence-corrected chi connectivity index (χ3v) is 4.12. The van der Waals surface area contributed by atoms with Crippen LogP contribution in [0, 0.1) is 5.41 Å². The maximum absolute atomic E-state index is 5.96. The molecule has 0 unspecified atom stereocenters. The second-order valence-corrected chi connectivity index (χ2v) is 6.13. The van der Waals surface area contributed by atoms with Crippen LogP contribution in [0.1, 0.15) is 39.0 Å². The maximum Gasteiger partial charge on any atom is 0.258 e. The number of hydrogen-bond donors (Lipinski definition) is 1. The Morgan fingerprint density at radius 1 is 1.24 bits per heavy atom. The Balaban J connectivity index is 1.73. The van der Waals surface area contributed by atoms with Crippen molar-refractivity contribution >= 4 is 17.5 Å². The van der Waals surface area contributed by atoms with Gasteiger partial charge in [-0.2, -0.15) is 24.7 Å². The SMILES string of the molecule is CC1(CNc2nc(Cl)nc(-n3cncn3)n2)CCCCC1. The molecular weight excluding hydrogens is 290 g/mol. The molecular formula is C13H18ClN7. The number of rotatable bonds is 4. The molecule has 0 bridgehead atoms. The van der Waals surface area contributed by atoms with Gasteiger partial charge in [0.2, 0.25) is 11.2 Å². The first-order valence-corrected chi connectivity index (χ1v) is 7.53. The van der Waals surface area contributed by atoms with Crippen molar-refractivity contribution in [2.24, 2.45) is 5.41 Å². The van der Waals surface area contributed by atoms with Crippen molar-refractivity contribution < 1.29 is 0 Å². The molecule has 112 valence electrons. The molecule has 21 heavy (non-hydrogen) atoms. The first kappa shape index (κ1) is 14.2. The van der Waals surface area contributed by atoms with E-state index in [0.29, 0.717) is 17.3 Å². The lowest BCUT2D eigenvalue weighted by Gasteiger charge is -2.33. The van der Waals surface area contributed by atoms with Gasteiger partial charge in [0.05, 0.1) is 0 Å². The van der Waals surface area contributed by atoms with Gasteiger partial charge in [0.1, 0.15) is 12.7 Å². The molecule has 2 heterocycles. The van der Waals surface area contributed by atoms with Crippen molar-refractivity contribution in [1.29, 1.82) is 0 Å². The van der Waals surface area contributed by atoms with Crippen LogP contribution in [0.3, 0.4) is 0 Å². The quantitative estimate of drug-likeness (QED) is 0.934. The molecule has 1 N–H and O–H groups in total. The molecule has 8 heteroatoms. The first-order chi connectivity index (χ1) is 10.1. The minimum absolute atomic E-state index is 0.145. The third kappa shape index (κ3) is 3.47. The topological polar surface area (TPSA) is 81.4 Å². The highest BCUT2D eigenvalue weighted by molar-refractivity contribution is 6.28. The molecule has 0 aromatic carbocycles. The number of halogens is 1. The largest absolute Gasteiger partial charge is 0.353 e. The van der Waals surface area contributed by atoms with E-state index < -0.39 is 0 Å². The van der Waals surface area contributed by atoms with Crippen LogP contribution in [0.5, 0.6) is 0 Å². The van der Waals surface area contributed by atoms with Gasteiger partial charge in [0.25, 0.3) is 5.95 Å². The lowest BCUT2D eigenvalue weighted by molar-refractivity contribution is 0.233. The number of nitrogens with one attached hydrogen (secondary N) is 1. The predicted octanol–water partition coefficient (Wildman–Crippen LogP) is 2.49. The average Bonchev–Trinajstić information content (AvgIpc) is 3.00. The van der Waals surface area contributed by atoms with Crippen molar-refractivity contribution in [2.45, 2.75) is 39.0 Å². The van der Waals surface area contributed by atoms with Gasteiger partial charge in [-0.25, -0.2) is 4.98 Å². The lowest BCUT2D eigenvalue weighted by atomic mass is 9.76. The Hall–Kier alpha value is -1.76. The average molecular weight is 308 g/mol. The van der Waals surface area contributed by atoms with Crippen molar-refractivity contribution in [2.75, 3.05) is 11.9 Å². The third-order valence-electron chi connectivity index (χ3n) is 3.95. The monoisotopic (exact) mass is 307 g/mol. The first-order valence-electron chi connectivity index (χ1n) is 7.15. The molecule has 2 aromatic heterocycles. The highest BCUT2D eigenvalue weighted by Crippen LogP contribution is 2.35. The fourth-order valence-corrected chi connectivity index (χ4v) is 2.86. The Bertz CT molecular complexity index is 593. The zero-order valence-corrected chi connectivity index (χ0v) is 12.7. The van der Waals surface area contributed by atoms with Gasteiger partial charge in [-0.3, -0.25) is 0 Å². The fourth-order valence-electron chi connectivity index (χ4n) is 2.71. The molecule has 1 aliphatic carbocycles. The summed E-state index contributed by atoms with van der Waals surface area (Å²) in [7, 11) is 0. The highest BCUT2D eigenvalue weighted by atomic mass is 35.5. The van der Waals surface area contributed by atoms with Gasteiger partial charge in [-0.05, 0) is 29.9 Å². The Morgan fingerprint density at radius 2 is 2.05 bits per heavy atom. The van der Waals surface area contributed by atoms with Crippen LogP contribution >= 0.6 is 11.6 Å². The lowest BCUT2D eigenvalue weighted by Crippen LogP contribution is -2.29. The summed E-state index contributed by atoms with van der Waals surface area (Å²) in [5.74, 6) is 0.844. The van der Waals surface area contributed by atoms with Gasteiger partial charge in [0.15, 0.2) is 0 Å². The van der Waals surface area contributed by atoms with Gasteiger partial charge in [-0.1, -0.05) is 26.2 Å². The fraction of sp³-hybridized carbons (Fsp3) is 0.615. The van der Waals surface area contributed by atoms with Gasteiger partial charge >= 0.3 is 0 Å². The summed E-state index contributed by atoms with van der Waals surface area (Å²) in [4.78, 5) is 16.4. The van der Waals surface area contributed by atoms with E-state index in [1.165, 1.54) is 49.4 Å². The number of anilines is 1. The van der Waals surface area contributed by atoms with Crippen molar-refractivity contribution in [1.82, 2.24) is 29.7 Å². The molecule has 0 spiro atoms. The summed E-state index contributed by atoms with van der Waals surface area (Å²) in [6.45, 7) is 3.14. The van der Waals surface area contributed by atoms with Gasteiger partial charge < -0.3 is 5.32 Å². The Morgan fingerprint density at radius 3 is 2.76 bits per heavy atom. The number of nitrogens with zero attached hydrogens (tertiary/aromatic N) is 6. The summed E-state index contributed by atoms with van der Waals surface area (Å²) < 4.78 is 1.46. The smallest absolute Gasteiger partial charge is 0.258 e. The number of hydrogen-bond acceptors (Lipinski definition) is 6. The summed E-state index contributed by atoms with van der Waals surface area (Å²) >= 11 is 5.96. The van der Waals surface area contributed by atoms with E-state index in [0.717, 1.165) is 6.54 Å². The van der Waals surface area contributed by atoms with Crippen LogP contribution in [-0.2, 0) is 0 Å². The molecule has 1 saturated carbocycles. The molecule has 2 aromatic rings. The molecule has 1 fully saturated rings. The van der Waals surface area contributed by atoms with Crippen molar-refractivity contribution in [3.63, 3.8) is 0 Å². The molecule has 7 nitrogen and oxygen atoms in total. The Kier molecular flexibility index (Phi) is 4.01. The van der Waals surface area contributed by atoms with E-state index in [1.807, 2.05) is 0 Å². The second kappa shape index (κ2) is 5.93. The van der Waals surface area contributed by atoms with E-state index in [2.05, 4.69) is 37.3 Å². The van der Waals surface area contributed by atoms with E-state index >= 15 is 0 Å². The molecule has 1 aliphatic rings. The molecule has 3 rings (SSSR count). The molecule has 0 amide bonds. The van der Waals surface area contributed by atoms with E-state index in [-0.39, 0.29) is 5.28 Å². The normalized spacial score (nSPS) is 17.6. The van der Waals surface area contributed by atoms with Gasteiger partial charge in [0, 0.05) is 6.54 Å². The van der Waals surface area contributed by atoms with Crippen LogP contribution in [0.25, 0.3) is 5.95 Å². The van der Waals surface area contributed by atoms with Crippen LogP contribution in [0.4, 0.5) is 5.95 Å². The summed E-state index contributed by atoms with van der Waals surface area (Å²) in [6.07, 6.45) is 9.33. The second-order valence-electron chi connectivity index (χ2n) is 5.79. The summed E-state index contributed by atoms with van der Waals surface area (Å²) in [6, 6.07) is 0. The molecule has 0 aliphatic heterocycles. The van der Waals surface area contributed by atoms with Crippen molar-refractivity contribution in [3.8, 4) is 5.95 Å². The van der Waals surface area contributed by atoms with Crippen LogP contribution in [0.2, 0.25) is 5.28 Å². The van der Waals surface area contributed by atoms with Crippen molar-refractivity contribution in [3.05, 3.63) is 17.9 Å². The zero-order valence-electron chi connectivity index (χ0n) is 12.0. The van der Waals surface area contributed by atoms with Gasteiger partial charge in [-0.15, -0.1) is 0 Å². The van der Waals surface area contributed by atoms with Crippen LogP contribution < -0.4 is 5.32 Å². The number of aromatic nitrogens is 6. The van der Waals surface area contributed by atoms with Crippen LogP contribution in [0.15, 0.2) is 12.7 Å². The molecule has 0 atom stereocenters. The predicted molar refractivity (Wildman–Crippen MR) is 79.4 cm³/mol. The molecule has 0 saturated heterocycles. The summed E-state index contributed by atoms with van der Waals surface area (Å²) in [5, 5.41) is 7.43. The van der Waals surface area contributed by atoms with E-state index in [1.54, 1.807) is 0 Å². The highest BCUT2D eigenvalue weighted by Gasteiger charge is 2.26. The van der Waals surface area contributed by atoms with E-state index in [9.17, 15) is 0 Å². The minimum atomic E-state index is 0.145. The zero-order chi connectivity index (χ0) is 14.7. The standard InChI is InChI=1S/C13H18ClN7/c1-13(5-3-2-4-6-13)7-16-11-18-10(14)19-12(20-11)21-9-15-8-17-21/h8-9H,2-7H2,1H3,(H,16,18,19,20). The minimum Gasteiger partial charge on any atom is -0.353 e. The van der Waals surface area contributed by atoms with Crippen LogP contribution in [-0.4, -0.2) is 36.3 Å². The summed E-state index contributed by atoms with van der Waals surface area (Å²) in [5.41, 5.74) is 0.296. The Labute approximate surface area is 128 Å². The van der Waals surface area contributed by atoms with E-state index in [4.69, 9.17) is 11.6 Å². The maximum atomic E-state index is 5.96.